The number of aliphatic hydroxyl groups is 1. The molecule has 4 heteroatoms. The second-order valence-electron chi connectivity index (χ2n) is 5.37. The molecular formula is C16H24N2O2. The Balaban J connectivity index is 1.73. The van der Waals surface area contributed by atoms with Gasteiger partial charge in [0.05, 0.1) is 0 Å². The molecule has 1 saturated heterocycles. The Morgan fingerprint density at radius 2 is 1.85 bits per heavy atom. The van der Waals surface area contributed by atoms with Gasteiger partial charge in [-0.25, -0.2) is 0 Å². The van der Waals surface area contributed by atoms with Crippen LogP contribution < -0.4 is 5.32 Å². The number of rotatable bonds is 6. The van der Waals surface area contributed by atoms with Gasteiger partial charge in [0.2, 0.25) is 5.91 Å². The topological polar surface area (TPSA) is 52.6 Å². The standard InChI is InChI=1S/C16H24N2O2/c19-13-9-14-4-6-15(7-5-14)17-16(20)8-12-18-10-2-1-3-11-18/h4-7,19H,1-3,8-13H2,(H,17,20). The second kappa shape index (κ2) is 8.02. The molecule has 1 aromatic carbocycles. The fraction of sp³-hybridized carbons (Fsp3) is 0.562. The smallest absolute Gasteiger partial charge is 0.225 e. The summed E-state index contributed by atoms with van der Waals surface area (Å²) in [7, 11) is 0. The lowest BCUT2D eigenvalue weighted by atomic mass is 10.1. The number of nitrogens with zero attached hydrogens (tertiary/aromatic N) is 1. The zero-order chi connectivity index (χ0) is 14.2. The molecule has 1 heterocycles. The van der Waals surface area contributed by atoms with Crippen molar-refractivity contribution in [2.24, 2.45) is 0 Å². The van der Waals surface area contributed by atoms with E-state index in [0.29, 0.717) is 12.8 Å². The van der Waals surface area contributed by atoms with Gasteiger partial charge in [-0.1, -0.05) is 18.6 Å². The molecule has 20 heavy (non-hydrogen) atoms. The predicted molar refractivity (Wildman–Crippen MR) is 80.8 cm³/mol. The highest BCUT2D eigenvalue weighted by Crippen LogP contribution is 2.12. The Morgan fingerprint density at radius 3 is 2.50 bits per heavy atom. The first-order valence-corrected chi connectivity index (χ1v) is 7.50. The van der Waals surface area contributed by atoms with Crippen LogP contribution in [0, 0.1) is 0 Å². The fourth-order valence-electron chi connectivity index (χ4n) is 2.55. The van der Waals surface area contributed by atoms with Crippen LogP contribution in [0.2, 0.25) is 0 Å². The quantitative estimate of drug-likeness (QED) is 0.836. The maximum Gasteiger partial charge on any atom is 0.225 e. The Hall–Kier alpha value is -1.39. The largest absolute Gasteiger partial charge is 0.396 e. The third kappa shape index (κ3) is 4.94. The average molecular weight is 276 g/mol. The molecule has 1 amide bonds. The molecule has 0 unspecified atom stereocenters. The Bertz CT molecular complexity index is 411. The summed E-state index contributed by atoms with van der Waals surface area (Å²) in [5, 5.41) is 11.8. The van der Waals surface area contributed by atoms with E-state index in [4.69, 9.17) is 5.11 Å². The van der Waals surface area contributed by atoms with E-state index in [-0.39, 0.29) is 12.5 Å². The number of piperidine rings is 1. The van der Waals surface area contributed by atoms with E-state index in [9.17, 15) is 4.79 Å². The number of carbonyl (C=O) groups excluding carboxylic acids is 1. The molecule has 4 nitrogen and oxygen atoms in total. The van der Waals surface area contributed by atoms with Gasteiger partial charge in [-0.2, -0.15) is 0 Å². The highest BCUT2D eigenvalue weighted by molar-refractivity contribution is 5.90. The van der Waals surface area contributed by atoms with E-state index in [1.54, 1.807) is 0 Å². The summed E-state index contributed by atoms with van der Waals surface area (Å²) in [4.78, 5) is 14.3. The molecule has 0 aliphatic carbocycles. The van der Waals surface area contributed by atoms with E-state index < -0.39 is 0 Å². The van der Waals surface area contributed by atoms with Crippen LogP contribution in [0.4, 0.5) is 5.69 Å². The van der Waals surface area contributed by atoms with Gasteiger partial charge in [0.15, 0.2) is 0 Å². The normalized spacial score (nSPS) is 16.1. The van der Waals surface area contributed by atoms with E-state index in [1.807, 2.05) is 24.3 Å². The second-order valence-corrected chi connectivity index (χ2v) is 5.37. The van der Waals surface area contributed by atoms with Crippen molar-refractivity contribution < 1.29 is 9.90 Å². The maximum atomic E-state index is 11.9. The number of nitrogens with one attached hydrogen (secondary N) is 1. The highest BCUT2D eigenvalue weighted by Gasteiger charge is 2.11. The molecule has 0 spiro atoms. The van der Waals surface area contributed by atoms with Crippen molar-refractivity contribution in [2.45, 2.75) is 32.1 Å². The van der Waals surface area contributed by atoms with Gasteiger partial charge in [-0.15, -0.1) is 0 Å². The molecule has 1 aliphatic rings. The first-order valence-electron chi connectivity index (χ1n) is 7.50. The van der Waals surface area contributed by atoms with Crippen molar-refractivity contribution in [3.8, 4) is 0 Å². The van der Waals surface area contributed by atoms with Crippen LogP contribution in [0.25, 0.3) is 0 Å². The minimum atomic E-state index is 0.0745. The summed E-state index contributed by atoms with van der Waals surface area (Å²) in [5.41, 5.74) is 1.91. The number of anilines is 1. The van der Waals surface area contributed by atoms with Gasteiger partial charge in [0.25, 0.3) is 0 Å². The molecule has 0 bridgehead atoms. The minimum absolute atomic E-state index is 0.0745. The molecule has 0 saturated carbocycles. The Labute approximate surface area is 120 Å². The van der Waals surface area contributed by atoms with Crippen molar-refractivity contribution in [3.05, 3.63) is 29.8 Å². The zero-order valence-electron chi connectivity index (χ0n) is 12.0. The molecule has 110 valence electrons. The summed E-state index contributed by atoms with van der Waals surface area (Å²) < 4.78 is 0. The minimum Gasteiger partial charge on any atom is -0.396 e. The van der Waals surface area contributed by atoms with Crippen LogP contribution in [0.1, 0.15) is 31.2 Å². The number of carbonyl (C=O) groups is 1. The average Bonchev–Trinajstić information content (AvgIpc) is 2.49. The summed E-state index contributed by atoms with van der Waals surface area (Å²) in [6.45, 7) is 3.27. The zero-order valence-corrected chi connectivity index (χ0v) is 12.0. The van der Waals surface area contributed by atoms with Gasteiger partial charge >= 0.3 is 0 Å². The van der Waals surface area contributed by atoms with E-state index >= 15 is 0 Å². The molecule has 0 aromatic heterocycles. The third-order valence-corrected chi connectivity index (χ3v) is 3.74. The first-order chi connectivity index (χ1) is 9.78. The summed E-state index contributed by atoms with van der Waals surface area (Å²) in [6, 6.07) is 7.67. The van der Waals surface area contributed by atoms with Crippen LogP contribution in [0.3, 0.4) is 0 Å². The molecule has 0 radical (unpaired) electrons. The van der Waals surface area contributed by atoms with Crippen LogP contribution in [0.5, 0.6) is 0 Å². The Kier molecular flexibility index (Phi) is 6.02. The molecule has 1 aliphatic heterocycles. The summed E-state index contributed by atoms with van der Waals surface area (Å²) in [6.07, 6.45) is 5.05. The molecular weight excluding hydrogens is 252 g/mol. The lowest BCUT2D eigenvalue weighted by Gasteiger charge is -2.25. The number of hydrogen-bond donors (Lipinski definition) is 2. The van der Waals surface area contributed by atoms with Crippen LogP contribution in [0.15, 0.2) is 24.3 Å². The lowest BCUT2D eigenvalue weighted by Crippen LogP contribution is -2.32. The van der Waals surface area contributed by atoms with E-state index in [2.05, 4.69) is 10.2 Å². The molecule has 2 rings (SSSR count). The third-order valence-electron chi connectivity index (χ3n) is 3.74. The molecule has 1 aromatic rings. The molecule has 1 fully saturated rings. The first kappa shape index (κ1) is 15.0. The number of benzene rings is 1. The van der Waals surface area contributed by atoms with Crippen LogP contribution in [-0.4, -0.2) is 42.2 Å². The number of hydrogen-bond acceptors (Lipinski definition) is 3. The number of likely N-dealkylation sites (tertiary alicyclic amines) is 1. The predicted octanol–water partition coefficient (Wildman–Crippen LogP) is 2.04. The number of aliphatic hydroxyl groups excluding tert-OH is 1. The van der Waals surface area contributed by atoms with Gasteiger partial charge in [0.1, 0.15) is 0 Å². The fourth-order valence-corrected chi connectivity index (χ4v) is 2.55. The maximum absolute atomic E-state index is 11.9. The van der Waals surface area contributed by atoms with Gasteiger partial charge < -0.3 is 15.3 Å². The Morgan fingerprint density at radius 1 is 1.15 bits per heavy atom. The monoisotopic (exact) mass is 276 g/mol. The summed E-state index contributed by atoms with van der Waals surface area (Å²) in [5.74, 6) is 0.0745. The highest BCUT2D eigenvalue weighted by atomic mass is 16.2. The van der Waals surface area contributed by atoms with Crippen molar-refractivity contribution in [3.63, 3.8) is 0 Å². The lowest BCUT2D eigenvalue weighted by molar-refractivity contribution is -0.116. The molecule has 2 N–H and O–H groups in total. The van der Waals surface area contributed by atoms with E-state index in [1.165, 1.54) is 19.3 Å². The van der Waals surface area contributed by atoms with Crippen LogP contribution in [-0.2, 0) is 11.2 Å². The van der Waals surface area contributed by atoms with Crippen molar-refractivity contribution in [1.82, 2.24) is 4.90 Å². The molecule has 0 atom stereocenters. The van der Waals surface area contributed by atoms with E-state index in [0.717, 1.165) is 30.9 Å². The summed E-state index contributed by atoms with van der Waals surface area (Å²) >= 11 is 0. The van der Waals surface area contributed by atoms with Gasteiger partial charge in [0, 0.05) is 25.3 Å². The SMILES string of the molecule is O=C(CCN1CCCCC1)Nc1ccc(CCO)cc1. The van der Waals surface area contributed by atoms with Crippen LogP contribution >= 0.6 is 0 Å². The van der Waals surface area contributed by atoms with Crippen molar-refractivity contribution in [2.75, 3.05) is 31.6 Å². The van der Waals surface area contributed by atoms with Crippen molar-refractivity contribution in [1.29, 1.82) is 0 Å². The van der Waals surface area contributed by atoms with Crippen molar-refractivity contribution >= 4 is 11.6 Å². The van der Waals surface area contributed by atoms with Gasteiger partial charge in [-0.3, -0.25) is 4.79 Å². The van der Waals surface area contributed by atoms with Gasteiger partial charge in [-0.05, 0) is 50.0 Å². The number of amides is 1.